The van der Waals surface area contributed by atoms with Gasteiger partial charge in [-0.3, -0.25) is 5.43 Å². The fourth-order valence-corrected chi connectivity index (χ4v) is 5.29. The van der Waals surface area contributed by atoms with Crippen LogP contribution in [-0.2, 0) is 22.8 Å². The second-order valence-corrected chi connectivity index (χ2v) is 12.9. The van der Waals surface area contributed by atoms with Gasteiger partial charge in [0.25, 0.3) is 0 Å². The zero-order valence-corrected chi connectivity index (χ0v) is 26.5. The van der Waals surface area contributed by atoms with Gasteiger partial charge in [-0.15, -0.1) is 0 Å². The molecule has 1 N–H and O–H groups in total. The highest BCUT2D eigenvalue weighted by Gasteiger charge is 2.16. The fraction of sp³-hybridized carbons (Fsp3) is 0.250. The Morgan fingerprint density at radius 3 is 2.21 bits per heavy atom. The summed E-state index contributed by atoms with van der Waals surface area (Å²) in [5.74, 6) is 3.14. The van der Waals surface area contributed by atoms with E-state index >= 15 is 0 Å². The van der Waals surface area contributed by atoms with Crippen LogP contribution in [0.4, 0.5) is 0 Å². The molecule has 0 unspecified atom stereocenters. The molecule has 0 saturated heterocycles. The molecular formula is C32H34Cl2N2O5S. The maximum atomic E-state index is 12.2. The molecule has 4 aromatic carbocycles. The molecule has 0 amide bonds. The van der Waals surface area contributed by atoms with Crippen LogP contribution in [0.5, 0.6) is 28.7 Å². The number of benzene rings is 4. The van der Waals surface area contributed by atoms with Gasteiger partial charge in [0.1, 0.15) is 28.7 Å². The highest BCUT2D eigenvalue weighted by molar-refractivity contribution is 7.90. The van der Waals surface area contributed by atoms with Crippen molar-refractivity contribution >= 4 is 33.0 Å². The minimum Gasteiger partial charge on any atom is -0.496 e. The minimum atomic E-state index is -3.41. The Labute approximate surface area is 257 Å². The number of nitrogens with one attached hydrogen (secondary N) is 1. The molecule has 10 heteroatoms. The third-order valence-corrected chi connectivity index (χ3v) is 8.48. The molecule has 4 aromatic rings. The second kappa shape index (κ2) is 13.8. The van der Waals surface area contributed by atoms with E-state index in [-0.39, 0.29) is 4.90 Å². The smallest absolute Gasteiger partial charge is 0.175 e. The number of aryl methyl sites for hydroxylation is 1. The van der Waals surface area contributed by atoms with Crippen LogP contribution in [-0.4, -0.2) is 40.4 Å². The molecule has 0 atom stereocenters. The molecular weight excluding hydrogens is 595 g/mol. The molecule has 0 aliphatic carbocycles. The van der Waals surface area contributed by atoms with Gasteiger partial charge in [0.15, 0.2) is 9.84 Å². The summed E-state index contributed by atoms with van der Waals surface area (Å²) >= 11 is 12.5. The summed E-state index contributed by atoms with van der Waals surface area (Å²) in [6.07, 6.45) is 1.84. The van der Waals surface area contributed by atoms with E-state index in [0.717, 1.165) is 28.0 Å². The number of hydrazine groups is 1. The molecule has 42 heavy (non-hydrogen) atoms. The van der Waals surface area contributed by atoms with Crippen molar-refractivity contribution in [2.45, 2.75) is 31.7 Å². The number of sulfone groups is 1. The Hall–Kier alpha value is -3.27. The average molecular weight is 630 g/mol. The van der Waals surface area contributed by atoms with Crippen LogP contribution < -0.4 is 19.6 Å². The number of ether oxygens (including phenoxy) is 3. The van der Waals surface area contributed by atoms with E-state index in [0.29, 0.717) is 52.6 Å². The molecule has 0 aliphatic rings. The number of hydrogen-bond acceptors (Lipinski definition) is 7. The topological polar surface area (TPSA) is 77.1 Å². The van der Waals surface area contributed by atoms with Crippen molar-refractivity contribution in [3.63, 3.8) is 0 Å². The molecule has 0 radical (unpaired) electrons. The molecule has 0 aliphatic heterocycles. The maximum Gasteiger partial charge on any atom is 0.175 e. The summed E-state index contributed by atoms with van der Waals surface area (Å²) in [4.78, 5) is 0.183. The first-order chi connectivity index (χ1) is 19.9. The highest BCUT2D eigenvalue weighted by Crippen LogP contribution is 2.35. The SMILES string of the molecule is COc1cccc(Oc2cc(Cl)c(C)cc2CCNN(C)Cc2ccc(S(C)(=O)=O)cc2Oc2ccc(Cl)cc2)c1C. The van der Waals surface area contributed by atoms with Crippen molar-refractivity contribution < 1.29 is 22.6 Å². The normalized spacial score (nSPS) is 11.5. The van der Waals surface area contributed by atoms with Gasteiger partial charge >= 0.3 is 0 Å². The highest BCUT2D eigenvalue weighted by atomic mass is 35.5. The third-order valence-electron chi connectivity index (χ3n) is 6.71. The predicted octanol–water partition coefficient (Wildman–Crippen LogP) is 7.79. The maximum absolute atomic E-state index is 12.2. The quantitative estimate of drug-likeness (QED) is 0.160. The Morgan fingerprint density at radius 1 is 0.833 bits per heavy atom. The standard InChI is InChI=1S/C32H34Cl2N2O5S/c1-21-17-23(32(19-28(21)34)41-30-8-6-7-29(39-4)22(30)2)15-16-35-36(3)20-24-9-14-27(42(5,37)38)18-31(24)40-26-12-10-25(33)11-13-26/h6-14,17-19,35H,15-16,20H2,1-5H3. The molecule has 0 heterocycles. The average Bonchev–Trinajstić information content (AvgIpc) is 2.94. The van der Waals surface area contributed by atoms with E-state index < -0.39 is 9.84 Å². The number of halogens is 2. The Balaban J connectivity index is 1.47. The van der Waals surface area contributed by atoms with E-state index in [1.54, 1.807) is 49.6 Å². The molecule has 4 rings (SSSR count). The lowest BCUT2D eigenvalue weighted by Gasteiger charge is -2.21. The minimum absolute atomic E-state index is 0.183. The molecule has 0 fully saturated rings. The molecule has 0 bridgehead atoms. The Kier molecular flexibility index (Phi) is 10.4. The summed E-state index contributed by atoms with van der Waals surface area (Å²) < 4.78 is 42.3. The van der Waals surface area contributed by atoms with E-state index in [2.05, 4.69) is 5.43 Å². The van der Waals surface area contributed by atoms with Gasteiger partial charge in [0, 0.05) is 47.6 Å². The van der Waals surface area contributed by atoms with Crippen molar-refractivity contribution in [1.82, 2.24) is 10.4 Å². The van der Waals surface area contributed by atoms with Crippen LogP contribution in [0.1, 0.15) is 22.3 Å². The summed E-state index contributed by atoms with van der Waals surface area (Å²) in [5.41, 5.74) is 7.09. The summed E-state index contributed by atoms with van der Waals surface area (Å²) in [7, 11) is 0.138. The van der Waals surface area contributed by atoms with Crippen LogP contribution >= 0.6 is 23.2 Å². The van der Waals surface area contributed by atoms with Gasteiger partial charge in [-0.1, -0.05) is 41.4 Å². The third kappa shape index (κ3) is 8.18. The number of methoxy groups -OCH3 is 1. The van der Waals surface area contributed by atoms with Crippen molar-refractivity contribution in [3.05, 3.63) is 105 Å². The lowest BCUT2D eigenvalue weighted by molar-refractivity contribution is 0.225. The van der Waals surface area contributed by atoms with Crippen molar-refractivity contribution in [2.75, 3.05) is 27.0 Å². The molecule has 0 aromatic heterocycles. The predicted molar refractivity (Wildman–Crippen MR) is 168 cm³/mol. The summed E-state index contributed by atoms with van der Waals surface area (Å²) in [5, 5.41) is 3.14. The van der Waals surface area contributed by atoms with E-state index in [1.807, 2.05) is 56.2 Å². The number of nitrogens with zero attached hydrogens (tertiary/aromatic N) is 1. The van der Waals surface area contributed by atoms with Crippen LogP contribution in [0.25, 0.3) is 0 Å². The number of hydrogen-bond donors (Lipinski definition) is 1. The second-order valence-electron chi connectivity index (χ2n) is 10.0. The summed E-state index contributed by atoms with van der Waals surface area (Å²) in [6, 6.07) is 21.4. The molecule has 7 nitrogen and oxygen atoms in total. The van der Waals surface area contributed by atoms with Gasteiger partial charge in [-0.25, -0.2) is 13.4 Å². The van der Waals surface area contributed by atoms with Crippen molar-refractivity contribution in [1.29, 1.82) is 0 Å². The monoisotopic (exact) mass is 628 g/mol. The summed E-state index contributed by atoms with van der Waals surface area (Å²) in [6.45, 7) is 4.99. The van der Waals surface area contributed by atoms with E-state index in [1.165, 1.54) is 6.26 Å². The van der Waals surface area contributed by atoms with Gasteiger partial charge in [-0.2, -0.15) is 0 Å². The van der Waals surface area contributed by atoms with E-state index in [9.17, 15) is 8.42 Å². The largest absolute Gasteiger partial charge is 0.496 e. The molecule has 0 saturated carbocycles. The molecule has 222 valence electrons. The van der Waals surface area contributed by atoms with Gasteiger partial charge in [-0.05, 0) is 86.0 Å². The lowest BCUT2D eigenvalue weighted by Crippen LogP contribution is -2.35. The van der Waals surface area contributed by atoms with Gasteiger partial charge in [0.2, 0.25) is 0 Å². The van der Waals surface area contributed by atoms with Crippen LogP contribution in [0.2, 0.25) is 10.0 Å². The first-order valence-corrected chi connectivity index (χ1v) is 15.9. The lowest BCUT2D eigenvalue weighted by atomic mass is 10.1. The van der Waals surface area contributed by atoms with Crippen LogP contribution in [0.3, 0.4) is 0 Å². The Bertz CT molecular complexity index is 1660. The number of rotatable bonds is 12. The first kappa shape index (κ1) is 31.7. The van der Waals surface area contributed by atoms with Crippen molar-refractivity contribution in [3.8, 4) is 28.7 Å². The zero-order valence-electron chi connectivity index (χ0n) is 24.2. The first-order valence-electron chi connectivity index (χ1n) is 13.3. The molecule has 0 spiro atoms. The van der Waals surface area contributed by atoms with Gasteiger partial charge < -0.3 is 14.2 Å². The fourth-order valence-electron chi connectivity index (χ4n) is 4.37. The van der Waals surface area contributed by atoms with Crippen molar-refractivity contribution in [2.24, 2.45) is 0 Å². The van der Waals surface area contributed by atoms with Crippen LogP contribution in [0.15, 0.2) is 77.7 Å². The zero-order chi connectivity index (χ0) is 30.4. The Morgan fingerprint density at radius 2 is 1.52 bits per heavy atom. The van der Waals surface area contributed by atoms with Crippen LogP contribution in [0, 0.1) is 13.8 Å². The van der Waals surface area contributed by atoms with Gasteiger partial charge in [0.05, 0.1) is 12.0 Å². The van der Waals surface area contributed by atoms with E-state index in [4.69, 9.17) is 37.4 Å².